The molecule has 2 aromatic carbocycles. The van der Waals surface area contributed by atoms with E-state index in [0.717, 1.165) is 28.2 Å². The third-order valence-corrected chi connectivity index (χ3v) is 4.32. The lowest BCUT2D eigenvalue weighted by Gasteiger charge is -2.21. The Morgan fingerprint density at radius 1 is 1.04 bits per heavy atom. The number of benzene rings is 2. The summed E-state index contributed by atoms with van der Waals surface area (Å²) >= 11 is 0. The summed E-state index contributed by atoms with van der Waals surface area (Å²) in [5, 5.41) is 13.8. The van der Waals surface area contributed by atoms with Crippen LogP contribution in [0, 0.1) is 6.92 Å². The van der Waals surface area contributed by atoms with E-state index in [1.54, 1.807) is 14.2 Å². The monoisotopic (exact) mass is 329 g/mol. The van der Waals surface area contributed by atoms with E-state index < -0.39 is 6.10 Å². The van der Waals surface area contributed by atoms with Crippen LogP contribution in [0.1, 0.15) is 23.6 Å². The first-order valence-corrected chi connectivity index (χ1v) is 8.22. The molecule has 2 unspecified atom stereocenters. The van der Waals surface area contributed by atoms with Crippen LogP contribution in [0.25, 0.3) is 0 Å². The summed E-state index contributed by atoms with van der Waals surface area (Å²) in [6, 6.07) is 14.0. The lowest BCUT2D eigenvalue weighted by molar-refractivity contribution is 0.134. The molecule has 0 heterocycles. The Balaban J connectivity index is 1.97. The fourth-order valence-electron chi connectivity index (χ4n) is 2.65. The van der Waals surface area contributed by atoms with E-state index in [2.05, 4.69) is 5.32 Å². The highest BCUT2D eigenvalue weighted by Gasteiger charge is 2.15. The molecule has 0 radical (unpaired) electrons. The SMILES string of the molecule is COc1cc(C)c(CNC(C)C(O)Cc2ccccc2)cc1OC. The van der Waals surface area contributed by atoms with Crippen molar-refractivity contribution in [3.05, 3.63) is 59.2 Å². The summed E-state index contributed by atoms with van der Waals surface area (Å²) in [7, 11) is 3.27. The van der Waals surface area contributed by atoms with Gasteiger partial charge in [0.05, 0.1) is 20.3 Å². The average Bonchev–Trinajstić information content (AvgIpc) is 2.60. The zero-order valence-electron chi connectivity index (χ0n) is 14.9. The lowest BCUT2D eigenvalue weighted by Crippen LogP contribution is -2.38. The van der Waals surface area contributed by atoms with Gasteiger partial charge in [-0.1, -0.05) is 30.3 Å². The first-order chi connectivity index (χ1) is 11.5. The number of aryl methyl sites for hydroxylation is 1. The maximum atomic E-state index is 10.4. The van der Waals surface area contributed by atoms with Crippen molar-refractivity contribution in [2.75, 3.05) is 14.2 Å². The van der Waals surface area contributed by atoms with Crippen molar-refractivity contribution in [2.45, 2.75) is 39.0 Å². The number of aliphatic hydroxyl groups excluding tert-OH is 1. The van der Waals surface area contributed by atoms with Gasteiger partial charge in [0, 0.05) is 12.6 Å². The normalized spacial score (nSPS) is 13.4. The molecule has 4 heteroatoms. The molecule has 0 spiro atoms. The van der Waals surface area contributed by atoms with Crippen molar-refractivity contribution >= 4 is 0 Å². The van der Waals surface area contributed by atoms with Gasteiger partial charge in [0.25, 0.3) is 0 Å². The summed E-state index contributed by atoms with van der Waals surface area (Å²) in [6.45, 7) is 4.72. The fourth-order valence-corrected chi connectivity index (χ4v) is 2.65. The molecule has 0 aliphatic rings. The fraction of sp³-hybridized carbons (Fsp3) is 0.400. The first-order valence-electron chi connectivity index (χ1n) is 8.22. The number of ether oxygens (including phenoxy) is 2. The molecule has 2 aromatic rings. The van der Waals surface area contributed by atoms with Gasteiger partial charge in [0.2, 0.25) is 0 Å². The van der Waals surface area contributed by atoms with E-state index in [9.17, 15) is 5.11 Å². The second kappa shape index (κ2) is 8.71. The van der Waals surface area contributed by atoms with E-state index >= 15 is 0 Å². The zero-order valence-corrected chi connectivity index (χ0v) is 14.9. The van der Waals surface area contributed by atoms with Crippen molar-refractivity contribution in [3.8, 4) is 11.5 Å². The Hall–Kier alpha value is -2.04. The molecular formula is C20H27NO3. The van der Waals surface area contributed by atoms with Crippen molar-refractivity contribution < 1.29 is 14.6 Å². The third-order valence-electron chi connectivity index (χ3n) is 4.32. The summed E-state index contributed by atoms with van der Waals surface area (Å²) in [4.78, 5) is 0. The number of methoxy groups -OCH3 is 2. The Labute approximate surface area is 144 Å². The standard InChI is InChI=1S/C20H27NO3/c1-14-10-19(23-3)20(24-4)12-17(14)13-21-15(2)18(22)11-16-8-6-5-7-9-16/h5-10,12,15,18,21-22H,11,13H2,1-4H3. The molecule has 0 aliphatic heterocycles. The Morgan fingerprint density at radius 3 is 2.29 bits per heavy atom. The van der Waals surface area contributed by atoms with E-state index in [4.69, 9.17) is 9.47 Å². The Bertz CT molecular complexity index is 643. The van der Waals surface area contributed by atoms with Gasteiger partial charge in [-0.2, -0.15) is 0 Å². The lowest BCUT2D eigenvalue weighted by atomic mass is 10.0. The van der Waals surface area contributed by atoms with Crippen molar-refractivity contribution in [1.82, 2.24) is 5.32 Å². The maximum Gasteiger partial charge on any atom is 0.161 e. The van der Waals surface area contributed by atoms with Gasteiger partial charge in [0.1, 0.15) is 0 Å². The Kier molecular flexibility index (Phi) is 6.64. The van der Waals surface area contributed by atoms with Crippen LogP contribution in [-0.4, -0.2) is 31.5 Å². The number of nitrogens with one attached hydrogen (secondary N) is 1. The van der Waals surface area contributed by atoms with Gasteiger partial charge in [-0.25, -0.2) is 0 Å². The molecule has 0 amide bonds. The topological polar surface area (TPSA) is 50.7 Å². The van der Waals surface area contributed by atoms with Crippen molar-refractivity contribution in [2.24, 2.45) is 0 Å². The minimum absolute atomic E-state index is 0.0160. The van der Waals surface area contributed by atoms with Crippen LogP contribution in [0.4, 0.5) is 0 Å². The predicted molar refractivity (Wildman–Crippen MR) is 96.7 cm³/mol. The summed E-state index contributed by atoms with van der Waals surface area (Å²) in [5.41, 5.74) is 3.40. The van der Waals surface area contributed by atoms with Gasteiger partial charge >= 0.3 is 0 Å². The average molecular weight is 329 g/mol. The number of hydrogen-bond donors (Lipinski definition) is 2. The first kappa shape index (κ1) is 18.3. The molecule has 0 bridgehead atoms. The molecule has 0 saturated carbocycles. The van der Waals surface area contributed by atoms with Gasteiger partial charge in [-0.05, 0) is 49.1 Å². The van der Waals surface area contributed by atoms with Gasteiger partial charge in [0.15, 0.2) is 11.5 Å². The number of aliphatic hydroxyl groups is 1. The van der Waals surface area contributed by atoms with Crippen LogP contribution in [-0.2, 0) is 13.0 Å². The van der Waals surface area contributed by atoms with Gasteiger partial charge in [-0.3, -0.25) is 0 Å². The highest BCUT2D eigenvalue weighted by Crippen LogP contribution is 2.30. The van der Waals surface area contributed by atoms with Crippen molar-refractivity contribution in [1.29, 1.82) is 0 Å². The molecular weight excluding hydrogens is 302 g/mol. The molecule has 2 rings (SSSR count). The smallest absolute Gasteiger partial charge is 0.161 e. The van der Waals surface area contributed by atoms with Crippen LogP contribution in [0.2, 0.25) is 0 Å². The summed E-state index contributed by atoms with van der Waals surface area (Å²) in [6.07, 6.45) is 0.202. The third kappa shape index (κ3) is 4.73. The van der Waals surface area contributed by atoms with Gasteiger partial charge < -0.3 is 19.9 Å². The molecule has 0 saturated heterocycles. The maximum absolute atomic E-state index is 10.4. The van der Waals surface area contributed by atoms with Crippen molar-refractivity contribution in [3.63, 3.8) is 0 Å². The quantitative estimate of drug-likeness (QED) is 0.781. The van der Waals surface area contributed by atoms with Gasteiger partial charge in [-0.15, -0.1) is 0 Å². The minimum Gasteiger partial charge on any atom is -0.493 e. The van der Waals surface area contributed by atoms with E-state index in [-0.39, 0.29) is 6.04 Å². The molecule has 0 aromatic heterocycles. The molecule has 130 valence electrons. The molecule has 0 aliphatic carbocycles. The highest BCUT2D eigenvalue weighted by molar-refractivity contribution is 5.47. The molecule has 4 nitrogen and oxygen atoms in total. The zero-order chi connectivity index (χ0) is 17.5. The number of hydrogen-bond acceptors (Lipinski definition) is 4. The second-order valence-corrected chi connectivity index (χ2v) is 6.06. The van der Waals surface area contributed by atoms with Crippen LogP contribution in [0.3, 0.4) is 0 Å². The Morgan fingerprint density at radius 2 is 1.67 bits per heavy atom. The van der Waals surface area contributed by atoms with Crippen LogP contribution < -0.4 is 14.8 Å². The van der Waals surface area contributed by atoms with E-state index in [1.807, 2.05) is 56.3 Å². The van der Waals surface area contributed by atoms with Crippen LogP contribution in [0.15, 0.2) is 42.5 Å². The highest BCUT2D eigenvalue weighted by atomic mass is 16.5. The summed E-state index contributed by atoms with van der Waals surface area (Å²) in [5.74, 6) is 1.45. The largest absolute Gasteiger partial charge is 0.493 e. The van der Waals surface area contributed by atoms with Crippen LogP contribution >= 0.6 is 0 Å². The minimum atomic E-state index is -0.437. The predicted octanol–water partition coefficient (Wildman–Crippen LogP) is 3.09. The van der Waals surface area contributed by atoms with Crippen LogP contribution in [0.5, 0.6) is 11.5 Å². The number of rotatable bonds is 8. The molecule has 2 N–H and O–H groups in total. The molecule has 24 heavy (non-hydrogen) atoms. The molecule has 0 fully saturated rings. The second-order valence-electron chi connectivity index (χ2n) is 6.06. The summed E-state index contributed by atoms with van der Waals surface area (Å²) < 4.78 is 10.7. The van der Waals surface area contributed by atoms with E-state index in [1.165, 1.54) is 0 Å². The van der Waals surface area contributed by atoms with E-state index in [0.29, 0.717) is 13.0 Å². The molecule has 2 atom stereocenters.